The van der Waals surface area contributed by atoms with E-state index in [0.29, 0.717) is 32.3 Å². The van der Waals surface area contributed by atoms with Gasteiger partial charge in [-0.05, 0) is 31.2 Å². The van der Waals surface area contributed by atoms with E-state index < -0.39 is 6.10 Å². The van der Waals surface area contributed by atoms with Crippen LogP contribution in [0.3, 0.4) is 0 Å². The van der Waals surface area contributed by atoms with E-state index in [2.05, 4.69) is 36.7 Å². The van der Waals surface area contributed by atoms with Crippen molar-refractivity contribution in [1.82, 2.24) is 5.32 Å². The smallest absolute Gasteiger partial charge is 0.0897 e. The molecule has 21 heavy (non-hydrogen) atoms. The van der Waals surface area contributed by atoms with Crippen molar-refractivity contribution in [3.05, 3.63) is 22.4 Å². The maximum Gasteiger partial charge on any atom is 0.0897 e. The molecular weight excluding hydrogens is 286 g/mol. The van der Waals surface area contributed by atoms with Gasteiger partial charge in [-0.2, -0.15) is 0 Å². The number of aliphatic hydroxyl groups is 1. The van der Waals surface area contributed by atoms with Gasteiger partial charge in [-0.3, -0.25) is 0 Å². The van der Waals surface area contributed by atoms with Gasteiger partial charge in [-0.15, -0.1) is 11.3 Å². The van der Waals surface area contributed by atoms with Crippen molar-refractivity contribution < 1.29 is 14.6 Å². The molecule has 0 aromatic carbocycles. The van der Waals surface area contributed by atoms with Crippen LogP contribution in [0.1, 0.15) is 38.6 Å². The highest BCUT2D eigenvalue weighted by Gasteiger charge is 2.17. The number of nitrogens with one attached hydrogen (secondary N) is 1. The minimum Gasteiger partial charge on any atom is -0.389 e. The van der Waals surface area contributed by atoms with Crippen molar-refractivity contribution in [1.29, 1.82) is 0 Å². The third-order valence-corrected chi connectivity index (χ3v) is 4.03. The molecule has 1 rings (SSSR count). The molecule has 0 aliphatic heterocycles. The van der Waals surface area contributed by atoms with Crippen LogP contribution >= 0.6 is 11.3 Å². The van der Waals surface area contributed by atoms with Crippen molar-refractivity contribution >= 4 is 11.3 Å². The Kier molecular flexibility index (Phi) is 9.11. The first-order chi connectivity index (χ1) is 10.0. The van der Waals surface area contributed by atoms with Gasteiger partial charge >= 0.3 is 0 Å². The second-order valence-corrected chi connectivity index (χ2v) is 6.77. The van der Waals surface area contributed by atoms with Gasteiger partial charge in [0.05, 0.1) is 32.0 Å². The Bertz CT molecular complexity index is 354. The van der Waals surface area contributed by atoms with E-state index >= 15 is 0 Å². The van der Waals surface area contributed by atoms with Crippen LogP contribution in [-0.4, -0.2) is 43.7 Å². The molecule has 1 aromatic heterocycles. The topological polar surface area (TPSA) is 50.7 Å². The molecule has 0 bridgehead atoms. The third-order valence-electron chi connectivity index (χ3n) is 3.08. The summed E-state index contributed by atoms with van der Waals surface area (Å²) in [6.07, 6.45) is -0.275. The fourth-order valence-electron chi connectivity index (χ4n) is 2.02. The lowest BCUT2D eigenvalue weighted by molar-refractivity contribution is -0.0107. The Morgan fingerprint density at radius 1 is 1.24 bits per heavy atom. The summed E-state index contributed by atoms with van der Waals surface area (Å²) in [6.45, 7) is 10.3. The van der Waals surface area contributed by atoms with Gasteiger partial charge in [-0.25, -0.2) is 0 Å². The van der Waals surface area contributed by atoms with Gasteiger partial charge in [0.2, 0.25) is 0 Å². The lowest BCUT2D eigenvalue weighted by Gasteiger charge is -2.23. The molecule has 0 aliphatic rings. The minimum absolute atomic E-state index is 0.220. The summed E-state index contributed by atoms with van der Waals surface area (Å²) >= 11 is 1.75. The van der Waals surface area contributed by atoms with Crippen LogP contribution in [0.4, 0.5) is 0 Å². The average Bonchev–Trinajstić information content (AvgIpc) is 2.91. The molecule has 0 amide bonds. The van der Waals surface area contributed by atoms with Crippen LogP contribution < -0.4 is 5.32 Å². The molecule has 4 nitrogen and oxygen atoms in total. The van der Waals surface area contributed by atoms with Crippen molar-refractivity contribution in [2.75, 3.05) is 26.4 Å². The first-order valence-corrected chi connectivity index (χ1v) is 8.52. The Morgan fingerprint density at radius 2 is 2.00 bits per heavy atom. The molecule has 2 atom stereocenters. The first kappa shape index (κ1) is 18.6. The molecule has 2 unspecified atom stereocenters. The minimum atomic E-state index is -0.495. The first-order valence-electron chi connectivity index (χ1n) is 7.65. The molecule has 1 aromatic rings. The summed E-state index contributed by atoms with van der Waals surface area (Å²) in [4.78, 5) is 1.31. The zero-order valence-electron chi connectivity index (χ0n) is 13.5. The summed E-state index contributed by atoms with van der Waals surface area (Å²) in [7, 11) is 0. The lowest BCUT2D eigenvalue weighted by Crippen LogP contribution is -2.35. The Morgan fingerprint density at radius 3 is 2.57 bits per heavy atom. The van der Waals surface area contributed by atoms with Crippen LogP contribution in [0.15, 0.2) is 17.5 Å². The van der Waals surface area contributed by atoms with E-state index in [4.69, 9.17) is 9.47 Å². The number of hydrogen-bond donors (Lipinski definition) is 2. The summed E-state index contributed by atoms with van der Waals surface area (Å²) in [5, 5.41) is 15.5. The molecule has 1 heterocycles. The molecular formula is C16H29NO3S. The van der Waals surface area contributed by atoms with Gasteiger partial charge < -0.3 is 19.9 Å². The van der Waals surface area contributed by atoms with Crippen molar-refractivity contribution in [2.45, 2.75) is 45.9 Å². The van der Waals surface area contributed by atoms with Gasteiger partial charge in [0.1, 0.15) is 0 Å². The highest BCUT2D eigenvalue weighted by atomic mass is 32.1. The van der Waals surface area contributed by atoms with E-state index in [1.54, 1.807) is 11.3 Å². The van der Waals surface area contributed by atoms with E-state index in [1.165, 1.54) is 4.88 Å². The Hall–Kier alpha value is -0.460. The molecule has 0 spiro atoms. The number of thiophene rings is 1. The monoisotopic (exact) mass is 315 g/mol. The fourth-order valence-corrected chi connectivity index (χ4v) is 2.99. The molecule has 0 fully saturated rings. The van der Waals surface area contributed by atoms with Crippen LogP contribution in [-0.2, 0) is 9.47 Å². The maximum atomic E-state index is 9.96. The zero-order valence-corrected chi connectivity index (χ0v) is 14.4. The summed E-state index contributed by atoms with van der Waals surface area (Å²) in [5.74, 6) is 0.483. The summed E-state index contributed by atoms with van der Waals surface area (Å²) < 4.78 is 10.8. The van der Waals surface area contributed by atoms with Gasteiger partial charge in [-0.1, -0.05) is 19.9 Å². The molecule has 5 heteroatoms. The van der Waals surface area contributed by atoms with E-state index in [1.807, 2.05) is 13.8 Å². The molecule has 0 saturated heterocycles. The van der Waals surface area contributed by atoms with Crippen LogP contribution in [0, 0.1) is 5.92 Å². The second kappa shape index (κ2) is 10.3. The fraction of sp³-hybridized carbons (Fsp3) is 0.750. The van der Waals surface area contributed by atoms with E-state index in [-0.39, 0.29) is 12.1 Å². The number of aliphatic hydroxyl groups excluding tert-OH is 1. The summed E-state index contributed by atoms with van der Waals surface area (Å²) in [6, 6.07) is 4.48. The predicted molar refractivity (Wildman–Crippen MR) is 87.8 cm³/mol. The maximum absolute atomic E-state index is 9.96. The highest BCUT2D eigenvalue weighted by molar-refractivity contribution is 7.10. The standard InChI is InChI=1S/C16H29NO3S/c1-12(2)16(15-6-5-9-21-15)17-10-14(18)11-19-7-8-20-13(3)4/h5-6,9,12-14,16-18H,7-8,10-11H2,1-4H3. The largest absolute Gasteiger partial charge is 0.389 e. The number of hydrogen-bond acceptors (Lipinski definition) is 5. The summed E-state index contributed by atoms with van der Waals surface area (Å²) in [5.41, 5.74) is 0. The van der Waals surface area contributed by atoms with Gasteiger partial charge in [0.25, 0.3) is 0 Å². The quantitative estimate of drug-likeness (QED) is 0.617. The third kappa shape index (κ3) is 7.93. The SMILES string of the molecule is CC(C)OCCOCC(O)CNC(c1cccs1)C(C)C. The average molecular weight is 315 g/mol. The molecule has 2 N–H and O–H groups in total. The van der Waals surface area contributed by atoms with E-state index in [9.17, 15) is 5.11 Å². The number of rotatable bonds is 11. The van der Waals surface area contributed by atoms with Crippen LogP contribution in [0.5, 0.6) is 0 Å². The molecule has 122 valence electrons. The predicted octanol–water partition coefficient (Wildman–Crippen LogP) is 2.84. The van der Waals surface area contributed by atoms with Crippen molar-refractivity contribution in [2.24, 2.45) is 5.92 Å². The molecule has 0 aliphatic carbocycles. The van der Waals surface area contributed by atoms with Crippen LogP contribution in [0.2, 0.25) is 0 Å². The number of ether oxygens (including phenoxy) is 2. The normalized spacial score (nSPS) is 14.8. The lowest BCUT2D eigenvalue weighted by atomic mass is 10.0. The van der Waals surface area contributed by atoms with Gasteiger partial charge in [0.15, 0.2) is 0 Å². The molecule has 0 radical (unpaired) electrons. The highest BCUT2D eigenvalue weighted by Crippen LogP contribution is 2.25. The Labute approximate surface area is 132 Å². The molecule has 0 saturated carbocycles. The van der Waals surface area contributed by atoms with Crippen LogP contribution in [0.25, 0.3) is 0 Å². The van der Waals surface area contributed by atoms with Crippen molar-refractivity contribution in [3.63, 3.8) is 0 Å². The van der Waals surface area contributed by atoms with Gasteiger partial charge in [0, 0.05) is 17.5 Å². The van der Waals surface area contributed by atoms with Crippen molar-refractivity contribution in [3.8, 4) is 0 Å². The zero-order chi connectivity index (χ0) is 15.7. The van der Waals surface area contributed by atoms with E-state index in [0.717, 1.165) is 0 Å². The second-order valence-electron chi connectivity index (χ2n) is 5.79. The Balaban J connectivity index is 2.20.